The van der Waals surface area contributed by atoms with Crippen molar-refractivity contribution in [1.29, 1.82) is 0 Å². The zero-order chi connectivity index (χ0) is 11.8. The van der Waals surface area contributed by atoms with Crippen LogP contribution in [0.25, 0.3) is 11.0 Å². The van der Waals surface area contributed by atoms with E-state index >= 15 is 0 Å². The molecule has 3 rings (SSSR count). The first-order valence-electron chi connectivity index (χ1n) is 6.07. The number of nitrogens with one attached hydrogen (secondary N) is 1. The van der Waals surface area contributed by atoms with Crippen molar-refractivity contribution in [2.24, 2.45) is 7.05 Å². The Bertz CT molecular complexity index is 541. The molecule has 3 nitrogen and oxygen atoms in total. The maximum absolute atomic E-state index is 4.50. The molecule has 2 aromatic rings. The number of piperidine rings is 1. The van der Waals surface area contributed by atoms with Crippen molar-refractivity contribution in [2.45, 2.75) is 18.8 Å². The van der Waals surface area contributed by atoms with Crippen molar-refractivity contribution in [2.75, 3.05) is 13.1 Å². The Morgan fingerprint density at radius 3 is 2.88 bits per heavy atom. The largest absolute Gasteiger partial charge is 0.332 e. The summed E-state index contributed by atoms with van der Waals surface area (Å²) in [5.41, 5.74) is 2.51. The molecule has 0 spiro atoms. The maximum atomic E-state index is 4.50. The quantitative estimate of drug-likeness (QED) is 0.876. The van der Waals surface area contributed by atoms with Crippen molar-refractivity contribution in [3.63, 3.8) is 0 Å². The average molecular weight is 294 g/mol. The minimum Gasteiger partial charge on any atom is -0.332 e. The molecule has 4 heteroatoms. The van der Waals surface area contributed by atoms with Gasteiger partial charge in [-0.05, 0) is 54.0 Å². The lowest BCUT2D eigenvalue weighted by molar-refractivity contribution is 0.446. The van der Waals surface area contributed by atoms with Crippen LogP contribution in [0.5, 0.6) is 0 Å². The van der Waals surface area contributed by atoms with Crippen LogP contribution in [0.15, 0.2) is 22.8 Å². The van der Waals surface area contributed by atoms with Crippen molar-refractivity contribution in [3.8, 4) is 0 Å². The van der Waals surface area contributed by atoms with E-state index in [0.717, 1.165) is 23.2 Å². The molecule has 0 radical (unpaired) electrons. The molecule has 1 aliphatic heterocycles. The van der Waals surface area contributed by atoms with Gasteiger partial charge in [-0.2, -0.15) is 0 Å². The Hall–Kier alpha value is -0.870. The summed E-state index contributed by atoms with van der Waals surface area (Å²) in [5, 5.41) is 4.65. The summed E-state index contributed by atoms with van der Waals surface area (Å²) < 4.78 is 3.30. The molecular weight excluding hydrogens is 278 g/mol. The Morgan fingerprint density at radius 2 is 2.12 bits per heavy atom. The van der Waals surface area contributed by atoms with E-state index < -0.39 is 0 Å². The molecule has 0 bridgehead atoms. The highest BCUT2D eigenvalue weighted by Crippen LogP contribution is 2.30. The summed E-state index contributed by atoms with van der Waals surface area (Å²) >= 11 is 3.48. The lowest BCUT2D eigenvalue weighted by Crippen LogP contribution is -2.27. The van der Waals surface area contributed by atoms with E-state index in [1.807, 2.05) is 6.20 Å². The number of fused-ring (bicyclic) bond motifs is 1. The molecule has 0 saturated carbocycles. The van der Waals surface area contributed by atoms with Crippen LogP contribution in [0.2, 0.25) is 0 Å². The van der Waals surface area contributed by atoms with Gasteiger partial charge in [0.1, 0.15) is 5.65 Å². The Balaban J connectivity index is 2.07. The number of hydrogen-bond acceptors (Lipinski definition) is 2. The highest BCUT2D eigenvalue weighted by atomic mass is 79.9. The number of hydrogen-bond donors (Lipinski definition) is 1. The molecule has 17 heavy (non-hydrogen) atoms. The number of rotatable bonds is 1. The predicted octanol–water partition coefficient (Wildman–Crippen LogP) is 2.80. The zero-order valence-corrected chi connectivity index (χ0v) is 11.5. The van der Waals surface area contributed by atoms with Crippen LogP contribution in [-0.4, -0.2) is 22.6 Å². The Kier molecular flexibility index (Phi) is 2.92. The van der Waals surface area contributed by atoms with Gasteiger partial charge in [-0.25, -0.2) is 4.98 Å². The van der Waals surface area contributed by atoms with Gasteiger partial charge < -0.3 is 9.88 Å². The van der Waals surface area contributed by atoms with Crippen LogP contribution in [-0.2, 0) is 7.05 Å². The lowest BCUT2D eigenvalue weighted by Gasteiger charge is -2.23. The number of aryl methyl sites for hydroxylation is 1. The molecule has 0 aromatic carbocycles. The Morgan fingerprint density at radius 1 is 1.35 bits per heavy atom. The number of aromatic nitrogens is 2. The smallest absolute Gasteiger partial charge is 0.139 e. The molecule has 1 saturated heterocycles. The van der Waals surface area contributed by atoms with Gasteiger partial charge in [0.15, 0.2) is 0 Å². The SMILES string of the molecule is Cn1c(C2CCNCC2)cc2cc(Br)cnc21. The fourth-order valence-corrected chi connectivity index (χ4v) is 3.07. The number of nitrogens with zero attached hydrogens (tertiary/aromatic N) is 2. The predicted molar refractivity (Wildman–Crippen MR) is 73.3 cm³/mol. The molecule has 0 amide bonds. The lowest BCUT2D eigenvalue weighted by atomic mass is 9.94. The Labute approximate surface area is 109 Å². The summed E-state index contributed by atoms with van der Waals surface area (Å²) in [4.78, 5) is 4.50. The second kappa shape index (κ2) is 4.42. The van der Waals surface area contributed by atoms with E-state index in [-0.39, 0.29) is 0 Å². The van der Waals surface area contributed by atoms with Crippen molar-refractivity contribution < 1.29 is 0 Å². The third-order valence-corrected chi connectivity index (χ3v) is 4.06. The first kappa shape index (κ1) is 11.2. The summed E-state index contributed by atoms with van der Waals surface area (Å²) in [6, 6.07) is 4.44. The molecule has 0 unspecified atom stereocenters. The van der Waals surface area contributed by atoms with Crippen molar-refractivity contribution in [1.82, 2.24) is 14.9 Å². The van der Waals surface area contributed by atoms with Crippen molar-refractivity contribution >= 4 is 27.0 Å². The van der Waals surface area contributed by atoms with E-state index in [4.69, 9.17) is 0 Å². The van der Waals surface area contributed by atoms with Gasteiger partial charge in [-0.3, -0.25) is 0 Å². The summed E-state index contributed by atoms with van der Waals surface area (Å²) in [7, 11) is 2.13. The van der Waals surface area contributed by atoms with Gasteiger partial charge >= 0.3 is 0 Å². The van der Waals surface area contributed by atoms with E-state index in [0.29, 0.717) is 5.92 Å². The number of pyridine rings is 1. The molecular formula is C13H16BrN3. The third kappa shape index (κ3) is 2.00. The van der Waals surface area contributed by atoms with Gasteiger partial charge in [0.2, 0.25) is 0 Å². The van der Waals surface area contributed by atoms with Crippen LogP contribution >= 0.6 is 15.9 Å². The van der Waals surface area contributed by atoms with Crippen LogP contribution in [0.1, 0.15) is 24.5 Å². The maximum Gasteiger partial charge on any atom is 0.139 e. The highest BCUT2D eigenvalue weighted by Gasteiger charge is 2.19. The minimum atomic E-state index is 0.675. The standard InChI is InChI=1S/C13H16BrN3/c1-17-12(9-2-4-15-5-3-9)7-10-6-11(14)8-16-13(10)17/h6-9,15H,2-5H2,1H3. The molecule has 90 valence electrons. The molecule has 3 heterocycles. The van der Waals surface area contributed by atoms with E-state index in [1.54, 1.807) is 0 Å². The number of halogens is 1. The van der Waals surface area contributed by atoms with Gasteiger partial charge in [0.05, 0.1) is 0 Å². The summed E-state index contributed by atoms with van der Waals surface area (Å²) in [6.45, 7) is 2.26. The van der Waals surface area contributed by atoms with Crippen molar-refractivity contribution in [3.05, 3.63) is 28.5 Å². The van der Waals surface area contributed by atoms with Crippen LogP contribution in [0.3, 0.4) is 0 Å². The zero-order valence-electron chi connectivity index (χ0n) is 9.91. The van der Waals surface area contributed by atoms with Gasteiger partial charge in [-0.1, -0.05) is 0 Å². The third-order valence-electron chi connectivity index (χ3n) is 3.63. The minimum absolute atomic E-state index is 0.675. The van der Waals surface area contributed by atoms with Crippen LogP contribution in [0.4, 0.5) is 0 Å². The second-order valence-corrected chi connectivity index (χ2v) is 5.63. The second-order valence-electron chi connectivity index (χ2n) is 4.72. The monoisotopic (exact) mass is 293 g/mol. The first-order valence-corrected chi connectivity index (χ1v) is 6.86. The summed E-state index contributed by atoms with van der Waals surface area (Å²) in [5.74, 6) is 0.675. The van der Waals surface area contributed by atoms with E-state index in [9.17, 15) is 0 Å². The molecule has 2 aromatic heterocycles. The average Bonchev–Trinajstić information content (AvgIpc) is 2.67. The topological polar surface area (TPSA) is 29.9 Å². The molecule has 1 N–H and O–H groups in total. The highest BCUT2D eigenvalue weighted by molar-refractivity contribution is 9.10. The van der Waals surface area contributed by atoms with Gasteiger partial charge in [0.25, 0.3) is 0 Å². The summed E-state index contributed by atoms with van der Waals surface area (Å²) in [6.07, 6.45) is 4.32. The molecule has 0 atom stereocenters. The fourth-order valence-electron chi connectivity index (χ4n) is 2.72. The fraction of sp³-hybridized carbons (Fsp3) is 0.462. The van der Waals surface area contributed by atoms with Crippen LogP contribution < -0.4 is 5.32 Å². The van der Waals surface area contributed by atoms with Gasteiger partial charge in [-0.15, -0.1) is 0 Å². The molecule has 1 fully saturated rings. The molecule has 0 aliphatic carbocycles. The van der Waals surface area contributed by atoms with E-state index in [2.05, 4.69) is 50.0 Å². The van der Waals surface area contributed by atoms with E-state index in [1.165, 1.54) is 23.9 Å². The molecule has 1 aliphatic rings. The normalized spacial score (nSPS) is 17.8. The van der Waals surface area contributed by atoms with Gasteiger partial charge in [0, 0.05) is 34.7 Å². The van der Waals surface area contributed by atoms with Crippen LogP contribution in [0, 0.1) is 0 Å². The first-order chi connectivity index (χ1) is 8.25.